The number of nitrogens with one attached hydrogen (secondary N) is 1. The van der Waals surface area contributed by atoms with Gasteiger partial charge < -0.3 is 9.84 Å². The summed E-state index contributed by atoms with van der Waals surface area (Å²) in [5, 5.41) is 11.5. The van der Waals surface area contributed by atoms with E-state index in [-0.39, 0.29) is 18.2 Å². The Morgan fingerprint density at radius 3 is 2.60 bits per heavy atom. The molecule has 12 heteroatoms. The first-order valence-electron chi connectivity index (χ1n) is 10.6. The number of carbonyl (C=O) groups excluding carboxylic acids is 1. The number of anilines is 1. The van der Waals surface area contributed by atoms with Crippen LogP contribution < -0.4 is 5.32 Å². The van der Waals surface area contributed by atoms with Crippen LogP contribution in [0.2, 0.25) is 0 Å². The molecule has 1 N–H and O–H groups in total. The summed E-state index contributed by atoms with van der Waals surface area (Å²) in [6, 6.07) is 9.88. The minimum atomic E-state index is -4.71. The van der Waals surface area contributed by atoms with Crippen LogP contribution in [0.5, 0.6) is 0 Å². The van der Waals surface area contributed by atoms with E-state index in [1.807, 2.05) is 26.0 Å². The van der Waals surface area contributed by atoms with Crippen LogP contribution in [0, 0.1) is 13.8 Å². The van der Waals surface area contributed by atoms with E-state index >= 15 is 0 Å². The molecule has 9 nitrogen and oxygen atoms in total. The Kier molecular flexibility index (Phi) is 5.42. The van der Waals surface area contributed by atoms with E-state index in [1.54, 1.807) is 22.8 Å². The zero-order chi connectivity index (χ0) is 24.7. The molecule has 5 aromatic rings. The van der Waals surface area contributed by atoms with Gasteiger partial charge in [0.1, 0.15) is 0 Å². The molecule has 4 heterocycles. The number of aromatic nitrogens is 6. The van der Waals surface area contributed by atoms with Gasteiger partial charge in [0.15, 0.2) is 11.3 Å². The molecule has 0 saturated heterocycles. The molecule has 0 radical (unpaired) electrons. The molecule has 35 heavy (non-hydrogen) atoms. The number of alkyl halides is 3. The molecule has 0 fully saturated rings. The van der Waals surface area contributed by atoms with E-state index in [0.717, 1.165) is 28.0 Å². The Morgan fingerprint density at radius 1 is 1.11 bits per heavy atom. The maximum absolute atomic E-state index is 12.6. The molecule has 0 spiro atoms. The lowest BCUT2D eigenvalue weighted by molar-refractivity contribution is -0.159. The van der Waals surface area contributed by atoms with Crippen molar-refractivity contribution in [1.29, 1.82) is 0 Å². The highest BCUT2D eigenvalue weighted by molar-refractivity contribution is 5.91. The van der Waals surface area contributed by atoms with Gasteiger partial charge in [-0.2, -0.15) is 18.2 Å². The number of rotatable bonds is 5. The van der Waals surface area contributed by atoms with E-state index in [4.69, 9.17) is 0 Å². The summed E-state index contributed by atoms with van der Waals surface area (Å²) in [5.41, 5.74) is 4.78. The average molecular weight is 481 g/mol. The van der Waals surface area contributed by atoms with E-state index in [0.29, 0.717) is 23.3 Å². The minimum Gasteiger partial charge on any atom is -0.329 e. The maximum Gasteiger partial charge on any atom is 0.471 e. The van der Waals surface area contributed by atoms with E-state index in [9.17, 15) is 18.0 Å². The molecular weight excluding hydrogens is 463 g/mol. The molecule has 0 unspecified atom stereocenters. The van der Waals surface area contributed by atoms with E-state index in [1.165, 1.54) is 12.1 Å². The van der Waals surface area contributed by atoms with Crippen molar-refractivity contribution in [2.45, 2.75) is 32.9 Å². The van der Waals surface area contributed by atoms with Crippen molar-refractivity contribution in [1.82, 2.24) is 29.7 Å². The fraction of sp³-hybridized carbons (Fsp3) is 0.217. The summed E-state index contributed by atoms with van der Waals surface area (Å²) in [7, 11) is 0. The highest BCUT2D eigenvalue weighted by atomic mass is 19.4. The standard InChI is InChI=1S/C23H18F3N7O2/c1-12-16(13(2)33-21(28-12)17-4-3-11-27-20(17)31-33)9-10-18(34)29-15-7-5-14(6-8-15)19-30-22(35-32-19)23(24,25)26/h3-8,11H,9-10H2,1-2H3,(H,29,34). The number of hydrogen-bond acceptors (Lipinski definition) is 7. The second-order valence-electron chi connectivity index (χ2n) is 7.92. The van der Waals surface area contributed by atoms with Gasteiger partial charge in [0.05, 0.1) is 5.39 Å². The Labute approximate surface area is 196 Å². The van der Waals surface area contributed by atoms with Gasteiger partial charge in [-0.05, 0) is 62.2 Å². The third kappa shape index (κ3) is 4.29. The third-order valence-corrected chi connectivity index (χ3v) is 5.59. The second kappa shape index (κ2) is 8.46. The molecule has 4 aromatic heterocycles. The Morgan fingerprint density at radius 2 is 1.89 bits per heavy atom. The highest BCUT2D eigenvalue weighted by Crippen LogP contribution is 2.29. The molecule has 0 bridgehead atoms. The molecule has 5 rings (SSSR count). The Balaban J connectivity index is 1.27. The molecule has 0 atom stereocenters. The van der Waals surface area contributed by atoms with Gasteiger partial charge in [0, 0.05) is 35.3 Å². The number of hydrogen-bond donors (Lipinski definition) is 1. The van der Waals surface area contributed by atoms with Crippen LogP contribution in [0.25, 0.3) is 28.1 Å². The monoisotopic (exact) mass is 481 g/mol. The molecule has 0 aliphatic carbocycles. The molecule has 1 aromatic carbocycles. The second-order valence-corrected chi connectivity index (χ2v) is 7.92. The van der Waals surface area contributed by atoms with Crippen LogP contribution in [0.4, 0.5) is 18.9 Å². The predicted octanol–water partition coefficient (Wildman–Crippen LogP) is 4.53. The summed E-state index contributed by atoms with van der Waals surface area (Å²) in [6.45, 7) is 3.83. The van der Waals surface area contributed by atoms with Crippen molar-refractivity contribution in [3.63, 3.8) is 0 Å². The number of carbonyl (C=O) groups is 1. The molecular formula is C23H18F3N7O2. The van der Waals surface area contributed by atoms with Crippen molar-refractivity contribution in [2.75, 3.05) is 5.32 Å². The molecule has 178 valence electrons. The van der Waals surface area contributed by atoms with Crippen LogP contribution in [-0.2, 0) is 17.4 Å². The molecule has 0 aliphatic rings. The largest absolute Gasteiger partial charge is 0.471 e. The van der Waals surface area contributed by atoms with Gasteiger partial charge in [0.2, 0.25) is 11.7 Å². The summed E-state index contributed by atoms with van der Waals surface area (Å²) in [4.78, 5) is 24.9. The zero-order valence-corrected chi connectivity index (χ0v) is 18.6. The lowest BCUT2D eigenvalue weighted by Crippen LogP contribution is -2.14. The third-order valence-electron chi connectivity index (χ3n) is 5.59. The van der Waals surface area contributed by atoms with E-state index in [2.05, 4.69) is 35.0 Å². The van der Waals surface area contributed by atoms with Crippen molar-refractivity contribution < 1.29 is 22.5 Å². The van der Waals surface area contributed by atoms with Crippen LogP contribution in [0.3, 0.4) is 0 Å². The molecule has 0 aliphatic heterocycles. The average Bonchev–Trinajstić information content (AvgIpc) is 3.45. The zero-order valence-electron chi connectivity index (χ0n) is 18.6. The fourth-order valence-electron chi connectivity index (χ4n) is 3.85. The number of halogens is 3. The summed E-state index contributed by atoms with van der Waals surface area (Å²) < 4.78 is 43.9. The van der Waals surface area contributed by atoms with Crippen LogP contribution in [-0.4, -0.2) is 35.6 Å². The van der Waals surface area contributed by atoms with Gasteiger partial charge in [0.25, 0.3) is 0 Å². The molecule has 1 amide bonds. The first-order valence-corrected chi connectivity index (χ1v) is 10.6. The fourth-order valence-corrected chi connectivity index (χ4v) is 3.85. The van der Waals surface area contributed by atoms with E-state index < -0.39 is 12.1 Å². The maximum atomic E-state index is 12.6. The smallest absolute Gasteiger partial charge is 0.329 e. The van der Waals surface area contributed by atoms with Crippen LogP contribution in [0.15, 0.2) is 47.1 Å². The van der Waals surface area contributed by atoms with Crippen molar-refractivity contribution in [3.05, 3.63) is 65.4 Å². The van der Waals surface area contributed by atoms with Gasteiger partial charge in [-0.1, -0.05) is 5.16 Å². The van der Waals surface area contributed by atoms with Crippen LogP contribution >= 0.6 is 0 Å². The predicted molar refractivity (Wildman–Crippen MR) is 119 cm³/mol. The lowest BCUT2D eigenvalue weighted by Gasteiger charge is -2.11. The summed E-state index contributed by atoms with van der Waals surface area (Å²) in [6.07, 6.45) is -2.37. The quantitative estimate of drug-likeness (QED) is 0.392. The van der Waals surface area contributed by atoms with Crippen molar-refractivity contribution in [3.8, 4) is 11.4 Å². The van der Waals surface area contributed by atoms with Gasteiger partial charge in [-0.3, -0.25) is 4.79 Å². The van der Waals surface area contributed by atoms with Crippen LogP contribution in [0.1, 0.15) is 29.3 Å². The number of benzene rings is 1. The number of pyridine rings is 1. The topological polar surface area (TPSA) is 111 Å². The first kappa shape index (κ1) is 22.4. The van der Waals surface area contributed by atoms with Gasteiger partial charge in [-0.25, -0.2) is 14.5 Å². The minimum absolute atomic E-state index is 0.189. The van der Waals surface area contributed by atoms with Gasteiger partial charge in [-0.15, -0.1) is 5.10 Å². The lowest BCUT2D eigenvalue weighted by atomic mass is 10.1. The number of amides is 1. The number of nitrogens with zero attached hydrogens (tertiary/aromatic N) is 6. The van der Waals surface area contributed by atoms with Crippen molar-refractivity contribution in [2.24, 2.45) is 0 Å². The Bertz CT molecular complexity index is 1560. The van der Waals surface area contributed by atoms with Gasteiger partial charge >= 0.3 is 12.1 Å². The number of aryl methyl sites for hydroxylation is 2. The van der Waals surface area contributed by atoms with Crippen molar-refractivity contribution >= 4 is 28.3 Å². The molecule has 0 saturated carbocycles. The summed E-state index contributed by atoms with van der Waals surface area (Å²) >= 11 is 0. The number of fused-ring (bicyclic) bond motifs is 3. The highest BCUT2D eigenvalue weighted by Gasteiger charge is 2.38. The normalized spacial score (nSPS) is 11.9. The first-order chi connectivity index (χ1) is 16.7. The SMILES string of the molecule is Cc1nc2c3cccnc3nn2c(C)c1CCC(=O)Nc1ccc(-c2noc(C(F)(F)F)n2)cc1. The summed E-state index contributed by atoms with van der Waals surface area (Å²) in [5.74, 6) is -1.82. The Hall–Kier alpha value is -4.35.